The van der Waals surface area contributed by atoms with Crippen LogP contribution in [-0.2, 0) is 4.79 Å². The lowest BCUT2D eigenvalue weighted by Crippen LogP contribution is -2.07. The highest BCUT2D eigenvalue weighted by Crippen LogP contribution is 2.39. The van der Waals surface area contributed by atoms with Gasteiger partial charge in [0.05, 0.1) is 12.3 Å². The van der Waals surface area contributed by atoms with E-state index in [0.717, 1.165) is 5.56 Å². The van der Waals surface area contributed by atoms with Crippen molar-refractivity contribution in [1.82, 2.24) is 0 Å². The number of benzene rings is 3. The molecule has 0 saturated heterocycles. The van der Waals surface area contributed by atoms with Crippen molar-refractivity contribution in [2.45, 2.75) is 13.8 Å². The van der Waals surface area contributed by atoms with Crippen LogP contribution in [0.25, 0.3) is 22.3 Å². The molecule has 0 radical (unpaired) electrons. The van der Waals surface area contributed by atoms with Crippen molar-refractivity contribution in [3.05, 3.63) is 66.5 Å². The first-order valence-electron chi connectivity index (χ1n) is 8.62. The summed E-state index contributed by atoms with van der Waals surface area (Å²) in [5, 5.41) is 13.2. The normalized spacial score (nSPS) is 10.5. The van der Waals surface area contributed by atoms with Crippen LogP contribution < -0.4 is 10.1 Å². The van der Waals surface area contributed by atoms with E-state index < -0.39 is 5.82 Å². The Morgan fingerprint density at radius 3 is 2.33 bits per heavy atom. The number of halogens is 1. The third-order valence-electron chi connectivity index (χ3n) is 4.08. The van der Waals surface area contributed by atoms with Crippen LogP contribution in [-0.4, -0.2) is 17.6 Å². The van der Waals surface area contributed by atoms with Gasteiger partial charge in [-0.25, -0.2) is 4.39 Å². The Balaban J connectivity index is 2.02. The van der Waals surface area contributed by atoms with Crippen molar-refractivity contribution >= 4 is 11.6 Å². The molecule has 5 heteroatoms. The smallest absolute Gasteiger partial charge is 0.221 e. The summed E-state index contributed by atoms with van der Waals surface area (Å²) in [7, 11) is 0. The number of nitrogens with one attached hydrogen (secondary N) is 1. The highest BCUT2D eigenvalue weighted by Gasteiger charge is 2.13. The van der Waals surface area contributed by atoms with Crippen molar-refractivity contribution in [1.29, 1.82) is 0 Å². The van der Waals surface area contributed by atoms with Crippen LogP contribution in [0.1, 0.15) is 13.8 Å². The zero-order chi connectivity index (χ0) is 19.4. The predicted octanol–water partition coefficient (Wildman–Crippen LogP) is 5.22. The van der Waals surface area contributed by atoms with Crippen LogP contribution in [0.15, 0.2) is 60.7 Å². The first-order chi connectivity index (χ1) is 13.0. The second kappa shape index (κ2) is 7.91. The van der Waals surface area contributed by atoms with Gasteiger partial charge in [0.2, 0.25) is 5.91 Å². The number of anilines is 1. The van der Waals surface area contributed by atoms with E-state index in [0.29, 0.717) is 29.0 Å². The van der Waals surface area contributed by atoms with Crippen molar-refractivity contribution in [3.8, 4) is 33.8 Å². The average Bonchev–Trinajstić information content (AvgIpc) is 2.64. The Hall–Kier alpha value is -3.34. The molecule has 138 valence electrons. The molecule has 0 aliphatic heterocycles. The minimum absolute atomic E-state index is 0.0535. The van der Waals surface area contributed by atoms with E-state index in [-0.39, 0.29) is 17.3 Å². The zero-order valence-corrected chi connectivity index (χ0v) is 15.1. The monoisotopic (exact) mass is 365 g/mol. The number of amides is 1. The van der Waals surface area contributed by atoms with Gasteiger partial charge in [0.15, 0.2) is 0 Å². The minimum Gasteiger partial charge on any atom is -0.507 e. The number of rotatable bonds is 5. The van der Waals surface area contributed by atoms with Gasteiger partial charge in [0.1, 0.15) is 17.3 Å². The summed E-state index contributed by atoms with van der Waals surface area (Å²) >= 11 is 0. The van der Waals surface area contributed by atoms with Crippen LogP contribution in [0, 0.1) is 5.82 Å². The Morgan fingerprint density at radius 2 is 1.70 bits per heavy atom. The quantitative estimate of drug-likeness (QED) is 0.651. The van der Waals surface area contributed by atoms with Crippen LogP contribution in [0.5, 0.6) is 11.5 Å². The standard InChI is InChI=1S/C22H20FNO3/c1-3-27-17-7-4-6-15(12-17)18-8-5-9-19(22(18)26)16-10-11-21(20(23)13-16)24-14(2)25/h4-13,26H,3H2,1-2H3,(H,24,25). The summed E-state index contributed by atoms with van der Waals surface area (Å²) in [6, 6.07) is 17.2. The minimum atomic E-state index is -0.564. The number of hydrogen-bond acceptors (Lipinski definition) is 3. The molecule has 3 aromatic rings. The summed E-state index contributed by atoms with van der Waals surface area (Å²) < 4.78 is 19.8. The number of ether oxygens (including phenoxy) is 1. The molecule has 3 rings (SSSR count). The number of para-hydroxylation sites is 1. The highest BCUT2D eigenvalue weighted by molar-refractivity contribution is 5.89. The lowest BCUT2D eigenvalue weighted by Gasteiger charge is -2.12. The summed E-state index contributed by atoms with van der Waals surface area (Å²) in [6.07, 6.45) is 0. The third kappa shape index (κ3) is 4.08. The molecule has 0 aliphatic carbocycles. The van der Waals surface area contributed by atoms with E-state index in [4.69, 9.17) is 4.74 Å². The first-order valence-corrected chi connectivity index (χ1v) is 8.62. The SMILES string of the molecule is CCOc1cccc(-c2cccc(-c3ccc(NC(C)=O)c(F)c3)c2O)c1. The second-order valence-electron chi connectivity index (χ2n) is 6.04. The molecule has 0 heterocycles. The number of aromatic hydroxyl groups is 1. The molecule has 0 fully saturated rings. The molecule has 0 aliphatic rings. The number of carbonyl (C=O) groups is 1. The van der Waals surface area contributed by atoms with Crippen molar-refractivity contribution in [2.24, 2.45) is 0 Å². The maximum absolute atomic E-state index is 14.3. The largest absolute Gasteiger partial charge is 0.507 e. The molecule has 1 amide bonds. The number of carbonyl (C=O) groups excluding carboxylic acids is 1. The molecular weight excluding hydrogens is 345 g/mol. The van der Waals surface area contributed by atoms with Crippen LogP contribution >= 0.6 is 0 Å². The van der Waals surface area contributed by atoms with Crippen molar-refractivity contribution in [3.63, 3.8) is 0 Å². The van der Waals surface area contributed by atoms with E-state index in [1.165, 1.54) is 19.1 Å². The van der Waals surface area contributed by atoms with Gasteiger partial charge in [-0.1, -0.05) is 36.4 Å². The number of phenolic OH excluding ortho intramolecular Hbond substituents is 1. The van der Waals surface area contributed by atoms with E-state index in [9.17, 15) is 14.3 Å². The highest BCUT2D eigenvalue weighted by atomic mass is 19.1. The Kier molecular flexibility index (Phi) is 5.41. The van der Waals surface area contributed by atoms with Crippen LogP contribution in [0.4, 0.5) is 10.1 Å². The van der Waals surface area contributed by atoms with E-state index in [2.05, 4.69) is 5.32 Å². The van der Waals surface area contributed by atoms with E-state index in [1.54, 1.807) is 24.3 Å². The van der Waals surface area contributed by atoms with Gasteiger partial charge < -0.3 is 15.2 Å². The fourth-order valence-electron chi connectivity index (χ4n) is 2.90. The van der Waals surface area contributed by atoms with Crippen molar-refractivity contribution in [2.75, 3.05) is 11.9 Å². The molecule has 27 heavy (non-hydrogen) atoms. The maximum Gasteiger partial charge on any atom is 0.221 e. The van der Waals surface area contributed by atoms with Gasteiger partial charge in [-0.2, -0.15) is 0 Å². The van der Waals surface area contributed by atoms with Crippen molar-refractivity contribution < 1.29 is 19.0 Å². The van der Waals surface area contributed by atoms with Gasteiger partial charge in [-0.15, -0.1) is 0 Å². The molecular formula is C22H20FNO3. The molecule has 4 nitrogen and oxygen atoms in total. The summed E-state index contributed by atoms with van der Waals surface area (Å²) in [5.41, 5.74) is 2.55. The first kappa shape index (κ1) is 18.5. The lowest BCUT2D eigenvalue weighted by atomic mass is 9.97. The van der Waals surface area contributed by atoms with Gasteiger partial charge in [-0.05, 0) is 42.3 Å². The van der Waals surface area contributed by atoms with Gasteiger partial charge >= 0.3 is 0 Å². The van der Waals surface area contributed by atoms with E-state index in [1.807, 2.05) is 31.2 Å². The Bertz CT molecular complexity index is 985. The van der Waals surface area contributed by atoms with Crippen LogP contribution in [0.3, 0.4) is 0 Å². The molecule has 0 atom stereocenters. The molecule has 0 aromatic heterocycles. The average molecular weight is 365 g/mol. The van der Waals surface area contributed by atoms with Crippen LogP contribution in [0.2, 0.25) is 0 Å². The predicted molar refractivity (Wildman–Crippen MR) is 104 cm³/mol. The summed E-state index contributed by atoms with van der Waals surface area (Å²) in [6.45, 7) is 3.78. The number of hydrogen-bond donors (Lipinski definition) is 2. The third-order valence-corrected chi connectivity index (χ3v) is 4.08. The number of phenols is 1. The topological polar surface area (TPSA) is 58.6 Å². The molecule has 2 N–H and O–H groups in total. The maximum atomic E-state index is 14.3. The van der Waals surface area contributed by atoms with Gasteiger partial charge in [0.25, 0.3) is 0 Å². The Labute approximate surface area is 157 Å². The fourth-order valence-corrected chi connectivity index (χ4v) is 2.90. The second-order valence-corrected chi connectivity index (χ2v) is 6.04. The molecule has 0 saturated carbocycles. The molecule has 3 aromatic carbocycles. The zero-order valence-electron chi connectivity index (χ0n) is 15.1. The molecule has 0 unspecified atom stereocenters. The lowest BCUT2D eigenvalue weighted by molar-refractivity contribution is -0.114. The van der Waals surface area contributed by atoms with Gasteiger partial charge in [-0.3, -0.25) is 4.79 Å². The van der Waals surface area contributed by atoms with Gasteiger partial charge in [0, 0.05) is 18.1 Å². The summed E-state index contributed by atoms with van der Waals surface area (Å²) in [4.78, 5) is 11.1. The molecule has 0 spiro atoms. The fraction of sp³-hybridized carbons (Fsp3) is 0.136. The Morgan fingerprint density at radius 1 is 1.04 bits per heavy atom. The molecule has 0 bridgehead atoms. The van der Waals surface area contributed by atoms with E-state index >= 15 is 0 Å². The summed E-state index contributed by atoms with van der Waals surface area (Å²) in [5.74, 6) is -0.144.